The van der Waals surface area contributed by atoms with Gasteiger partial charge in [-0.25, -0.2) is 9.07 Å². The molecule has 1 saturated heterocycles. The second-order valence-electron chi connectivity index (χ2n) is 7.82. The Morgan fingerprint density at radius 3 is 2.45 bits per heavy atom. The van der Waals surface area contributed by atoms with Crippen LogP contribution in [0.15, 0.2) is 48.5 Å². The van der Waals surface area contributed by atoms with Crippen LogP contribution in [0.5, 0.6) is 5.75 Å². The molecule has 2 heterocycles. The second kappa shape index (κ2) is 8.89. The molecule has 1 amide bonds. The highest BCUT2D eigenvalue weighted by Crippen LogP contribution is 2.23. The largest absolute Gasteiger partial charge is 0.496 e. The average molecular weight is 423 g/mol. The Kier molecular flexibility index (Phi) is 6.04. The number of para-hydroxylation sites is 1. The number of rotatable bonds is 5. The Bertz CT molecular complexity index is 1070. The monoisotopic (exact) mass is 422 g/mol. The summed E-state index contributed by atoms with van der Waals surface area (Å²) in [5.41, 5.74) is 4.01. The third-order valence-corrected chi connectivity index (χ3v) is 5.80. The van der Waals surface area contributed by atoms with Gasteiger partial charge in [0, 0.05) is 38.3 Å². The zero-order chi connectivity index (χ0) is 22.0. The molecule has 2 aromatic carbocycles. The molecule has 0 N–H and O–H groups in total. The molecular formula is C24H27FN4O2. The Labute approximate surface area is 181 Å². The van der Waals surface area contributed by atoms with Crippen LogP contribution in [0.3, 0.4) is 0 Å². The van der Waals surface area contributed by atoms with E-state index in [0.29, 0.717) is 30.9 Å². The van der Waals surface area contributed by atoms with E-state index in [1.807, 2.05) is 53.8 Å². The van der Waals surface area contributed by atoms with Gasteiger partial charge in [0.1, 0.15) is 11.6 Å². The van der Waals surface area contributed by atoms with Gasteiger partial charge in [0.05, 0.1) is 29.7 Å². The molecule has 0 bridgehead atoms. The number of aromatic nitrogens is 2. The topological polar surface area (TPSA) is 50.6 Å². The molecule has 162 valence electrons. The number of hydrogen-bond donors (Lipinski definition) is 0. The number of hydrogen-bond acceptors (Lipinski definition) is 4. The van der Waals surface area contributed by atoms with E-state index in [4.69, 9.17) is 4.74 Å². The molecule has 31 heavy (non-hydrogen) atoms. The molecule has 0 aliphatic carbocycles. The van der Waals surface area contributed by atoms with Crippen LogP contribution < -0.4 is 4.74 Å². The number of aryl methyl sites for hydroxylation is 1. The lowest BCUT2D eigenvalue weighted by atomic mass is 10.1. The van der Waals surface area contributed by atoms with Crippen LogP contribution in [0.2, 0.25) is 0 Å². The molecule has 7 heteroatoms. The van der Waals surface area contributed by atoms with Crippen molar-refractivity contribution in [3.05, 3.63) is 76.9 Å². The Morgan fingerprint density at radius 2 is 1.77 bits per heavy atom. The van der Waals surface area contributed by atoms with Crippen molar-refractivity contribution in [1.82, 2.24) is 19.6 Å². The first-order chi connectivity index (χ1) is 15.0. The lowest BCUT2D eigenvalue weighted by molar-refractivity contribution is 0.0626. The molecule has 3 aromatic rings. The van der Waals surface area contributed by atoms with Gasteiger partial charge in [-0.2, -0.15) is 5.10 Å². The molecule has 1 fully saturated rings. The standard InChI is InChI=1S/C24H27FN4O2/c1-17-23(18(2)29(26-17)21-7-5-4-6-8-21)24(30)28-13-11-27(12-14-28)16-19-15-20(25)9-10-22(19)31-3/h4-10,15H,11-14,16H2,1-3H3. The van der Waals surface area contributed by atoms with Crippen molar-refractivity contribution in [2.75, 3.05) is 33.3 Å². The fourth-order valence-electron chi connectivity index (χ4n) is 4.15. The van der Waals surface area contributed by atoms with E-state index in [9.17, 15) is 9.18 Å². The Hall–Kier alpha value is -3.19. The van der Waals surface area contributed by atoms with E-state index in [1.54, 1.807) is 13.2 Å². The number of amides is 1. The van der Waals surface area contributed by atoms with E-state index >= 15 is 0 Å². The van der Waals surface area contributed by atoms with Gasteiger partial charge in [-0.05, 0) is 44.2 Å². The molecule has 1 aliphatic rings. The predicted molar refractivity (Wildman–Crippen MR) is 117 cm³/mol. The molecule has 1 aromatic heterocycles. The minimum atomic E-state index is -0.272. The summed E-state index contributed by atoms with van der Waals surface area (Å²) in [5, 5.41) is 4.60. The van der Waals surface area contributed by atoms with Crippen molar-refractivity contribution in [1.29, 1.82) is 0 Å². The minimum absolute atomic E-state index is 0.0140. The molecule has 4 rings (SSSR count). The molecule has 6 nitrogen and oxygen atoms in total. The van der Waals surface area contributed by atoms with Crippen LogP contribution in [0, 0.1) is 19.7 Å². The summed E-state index contributed by atoms with van der Waals surface area (Å²) in [6.07, 6.45) is 0. The number of carbonyl (C=O) groups is 1. The van der Waals surface area contributed by atoms with Gasteiger partial charge in [-0.3, -0.25) is 9.69 Å². The number of benzene rings is 2. The maximum atomic E-state index is 13.7. The first kappa shape index (κ1) is 21.1. The van der Waals surface area contributed by atoms with Crippen molar-refractivity contribution in [2.24, 2.45) is 0 Å². The summed E-state index contributed by atoms with van der Waals surface area (Å²) in [4.78, 5) is 17.4. The third kappa shape index (κ3) is 4.32. The fraction of sp³-hybridized carbons (Fsp3) is 0.333. The zero-order valence-corrected chi connectivity index (χ0v) is 18.1. The van der Waals surface area contributed by atoms with Crippen molar-refractivity contribution in [3.8, 4) is 11.4 Å². The lowest BCUT2D eigenvalue weighted by Crippen LogP contribution is -2.48. The van der Waals surface area contributed by atoms with Crippen molar-refractivity contribution < 1.29 is 13.9 Å². The highest BCUT2D eigenvalue weighted by Gasteiger charge is 2.27. The molecule has 0 saturated carbocycles. The fourth-order valence-corrected chi connectivity index (χ4v) is 4.15. The molecular weight excluding hydrogens is 395 g/mol. The highest BCUT2D eigenvalue weighted by atomic mass is 19.1. The average Bonchev–Trinajstić information content (AvgIpc) is 3.08. The van der Waals surface area contributed by atoms with E-state index in [2.05, 4.69) is 10.00 Å². The van der Waals surface area contributed by atoms with Crippen molar-refractivity contribution in [2.45, 2.75) is 20.4 Å². The lowest BCUT2D eigenvalue weighted by Gasteiger charge is -2.35. The van der Waals surface area contributed by atoms with Crippen LogP contribution in [-0.4, -0.2) is 58.8 Å². The second-order valence-corrected chi connectivity index (χ2v) is 7.82. The van der Waals surface area contributed by atoms with E-state index in [-0.39, 0.29) is 11.7 Å². The third-order valence-electron chi connectivity index (χ3n) is 5.80. The smallest absolute Gasteiger partial charge is 0.257 e. The number of halogens is 1. The van der Waals surface area contributed by atoms with Crippen LogP contribution in [0.4, 0.5) is 4.39 Å². The zero-order valence-electron chi connectivity index (χ0n) is 18.1. The maximum Gasteiger partial charge on any atom is 0.257 e. The molecule has 0 spiro atoms. The molecule has 0 atom stereocenters. The van der Waals surface area contributed by atoms with Crippen LogP contribution >= 0.6 is 0 Å². The van der Waals surface area contributed by atoms with Gasteiger partial charge in [-0.1, -0.05) is 18.2 Å². The molecule has 1 aliphatic heterocycles. The van der Waals surface area contributed by atoms with Crippen molar-refractivity contribution >= 4 is 5.91 Å². The molecule has 0 radical (unpaired) electrons. The van der Waals surface area contributed by atoms with Gasteiger partial charge in [0.25, 0.3) is 5.91 Å². The Morgan fingerprint density at radius 1 is 1.06 bits per heavy atom. The van der Waals surface area contributed by atoms with Crippen molar-refractivity contribution in [3.63, 3.8) is 0 Å². The summed E-state index contributed by atoms with van der Waals surface area (Å²) in [7, 11) is 1.59. The van der Waals surface area contributed by atoms with E-state index in [0.717, 1.165) is 35.7 Å². The van der Waals surface area contributed by atoms with Gasteiger partial charge >= 0.3 is 0 Å². The predicted octanol–water partition coefficient (Wildman–Crippen LogP) is 3.59. The van der Waals surface area contributed by atoms with Crippen LogP contribution in [0.25, 0.3) is 5.69 Å². The van der Waals surface area contributed by atoms with Gasteiger partial charge in [0.2, 0.25) is 0 Å². The first-order valence-corrected chi connectivity index (χ1v) is 10.4. The quantitative estimate of drug-likeness (QED) is 0.631. The Balaban J connectivity index is 1.45. The van der Waals surface area contributed by atoms with Crippen LogP contribution in [-0.2, 0) is 6.54 Å². The minimum Gasteiger partial charge on any atom is -0.496 e. The van der Waals surface area contributed by atoms with E-state index < -0.39 is 0 Å². The number of methoxy groups -OCH3 is 1. The number of carbonyl (C=O) groups excluding carboxylic acids is 1. The molecule has 0 unspecified atom stereocenters. The number of nitrogens with zero attached hydrogens (tertiary/aromatic N) is 4. The van der Waals surface area contributed by atoms with Crippen LogP contribution in [0.1, 0.15) is 27.3 Å². The summed E-state index contributed by atoms with van der Waals surface area (Å²) in [5.74, 6) is 0.422. The SMILES string of the molecule is COc1ccc(F)cc1CN1CCN(C(=O)c2c(C)nn(-c3ccccc3)c2C)CC1. The van der Waals surface area contributed by atoms with Gasteiger partial charge in [-0.15, -0.1) is 0 Å². The summed E-state index contributed by atoms with van der Waals surface area (Å²) >= 11 is 0. The normalized spacial score (nSPS) is 14.6. The van der Waals surface area contributed by atoms with E-state index in [1.165, 1.54) is 12.1 Å². The summed E-state index contributed by atoms with van der Waals surface area (Å²) in [6, 6.07) is 14.4. The number of ether oxygens (including phenoxy) is 1. The number of piperazine rings is 1. The summed E-state index contributed by atoms with van der Waals surface area (Å²) < 4.78 is 20.8. The highest BCUT2D eigenvalue weighted by molar-refractivity contribution is 5.96. The maximum absolute atomic E-state index is 13.7. The first-order valence-electron chi connectivity index (χ1n) is 10.4. The van der Waals surface area contributed by atoms with Gasteiger partial charge in [0.15, 0.2) is 0 Å². The summed E-state index contributed by atoms with van der Waals surface area (Å²) in [6.45, 7) is 7.08. The van der Waals surface area contributed by atoms with Gasteiger partial charge < -0.3 is 9.64 Å².